The molecule has 0 spiro atoms. The van der Waals surface area contributed by atoms with E-state index in [1.165, 1.54) is 4.68 Å². The van der Waals surface area contributed by atoms with Crippen LogP contribution in [0.1, 0.15) is 42.4 Å². The Hall–Kier alpha value is -4.26. The zero-order valence-corrected chi connectivity index (χ0v) is 19.0. The summed E-state index contributed by atoms with van der Waals surface area (Å²) in [5.41, 5.74) is 1.08. The molecule has 1 unspecified atom stereocenters. The maximum atomic E-state index is 13.5. The Morgan fingerprint density at radius 2 is 1.47 bits per heavy atom. The zero-order valence-electron chi connectivity index (χ0n) is 19.0. The molecule has 4 aromatic rings. The molecule has 0 aliphatic rings. The van der Waals surface area contributed by atoms with Gasteiger partial charge in [0.25, 0.3) is 11.5 Å². The van der Waals surface area contributed by atoms with E-state index in [2.05, 4.69) is 10.4 Å². The lowest BCUT2D eigenvalue weighted by atomic mass is 10.0. The molecular weight excluding hydrogens is 430 g/mol. The third-order valence-corrected chi connectivity index (χ3v) is 5.27. The number of fused-ring (bicyclic) bond motifs is 1. The molecular formula is C27H25N3O4. The first-order valence-electron chi connectivity index (χ1n) is 11.1. The lowest BCUT2D eigenvalue weighted by Gasteiger charge is -2.20. The molecule has 34 heavy (non-hydrogen) atoms. The summed E-state index contributed by atoms with van der Waals surface area (Å²) >= 11 is 0. The Labute approximate surface area is 197 Å². The quantitative estimate of drug-likeness (QED) is 0.422. The lowest BCUT2D eigenvalue weighted by molar-refractivity contribution is -0.147. The van der Waals surface area contributed by atoms with Gasteiger partial charge in [0.1, 0.15) is 0 Å². The number of nitrogens with zero attached hydrogens (tertiary/aromatic N) is 2. The van der Waals surface area contributed by atoms with Crippen molar-refractivity contribution in [2.75, 3.05) is 0 Å². The number of rotatable bonds is 7. The molecule has 1 heterocycles. The molecule has 1 aromatic heterocycles. The summed E-state index contributed by atoms with van der Waals surface area (Å²) < 4.78 is 6.53. The first-order chi connectivity index (χ1) is 16.4. The maximum Gasteiger partial charge on any atom is 0.308 e. The van der Waals surface area contributed by atoms with Crippen molar-refractivity contribution in [1.29, 1.82) is 0 Å². The van der Waals surface area contributed by atoms with E-state index in [1.807, 2.05) is 36.4 Å². The van der Waals surface area contributed by atoms with Gasteiger partial charge in [0.15, 0.2) is 5.69 Å². The number of ether oxygens (including phenoxy) is 1. The van der Waals surface area contributed by atoms with Crippen LogP contribution in [0.2, 0.25) is 0 Å². The van der Waals surface area contributed by atoms with Crippen molar-refractivity contribution in [1.82, 2.24) is 15.1 Å². The standard InChI is InChI=1S/C27H25N3O4/c1-18(2)34-24(31)17-23(19-11-5-3-6-12-19)28-26(32)25-21-15-9-10-16-22(21)27(33)30(29-25)20-13-7-4-8-14-20/h3-16,18,23H,17H2,1-2H3,(H,28,32). The number of nitrogens with one attached hydrogen (secondary N) is 1. The van der Waals surface area contributed by atoms with Crippen molar-refractivity contribution in [2.24, 2.45) is 0 Å². The highest BCUT2D eigenvalue weighted by atomic mass is 16.5. The summed E-state index contributed by atoms with van der Waals surface area (Å²) in [6.07, 6.45) is -0.302. The second-order valence-corrected chi connectivity index (χ2v) is 8.13. The largest absolute Gasteiger partial charge is 0.463 e. The molecule has 0 saturated carbocycles. The first-order valence-corrected chi connectivity index (χ1v) is 11.1. The van der Waals surface area contributed by atoms with Crippen molar-refractivity contribution in [3.63, 3.8) is 0 Å². The van der Waals surface area contributed by atoms with Crippen LogP contribution < -0.4 is 10.9 Å². The highest BCUT2D eigenvalue weighted by Crippen LogP contribution is 2.21. The van der Waals surface area contributed by atoms with Gasteiger partial charge in [0, 0.05) is 5.39 Å². The third kappa shape index (κ3) is 5.04. The summed E-state index contributed by atoms with van der Waals surface area (Å²) in [6.45, 7) is 3.55. The van der Waals surface area contributed by atoms with E-state index in [1.54, 1.807) is 62.4 Å². The van der Waals surface area contributed by atoms with E-state index < -0.39 is 17.9 Å². The van der Waals surface area contributed by atoms with Crippen molar-refractivity contribution in [2.45, 2.75) is 32.4 Å². The molecule has 0 bridgehead atoms. The monoisotopic (exact) mass is 455 g/mol. The second-order valence-electron chi connectivity index (χ2n) is 8.13. The van der Waals surface area contributed by atoms with Gasteiger partial charge >= 0.3 is 5.97 Å². The zero-order chi connectivity index (χ0) is 24.1. The smallest absolute Gasteiger partial charge is 0.308 e. The molecule has 0 aliphatic carbocycles. The SMILES string of the molecule is CC(C)OC(=O)CC(NC(=O)c1nn(-c2ccccc2)c(=O)c2ccccc12)c1ccccc1. The van der Waals surface area contributed by atoms with Gasteiger partial charge in [-0.15, -0.1) is 0 Å². The van der Waals surface area contributed by atoms with Crippen LogP contribution in [0, 0.1) is 0 Å². The highest BCUT2D eigenvalue weighted by Gasteiger charge is 2.24. The fraction of sp³-hybridized carbons (Fsp3) is 0.185. The Morgan fingerprint density at radius 3 is 2.12 bits per heavy atom. The fourth-order valence-corrected chi connectivity index (χ4v) is 3.74. The lowest BCUT2D eigenvalue weighted by Crippen LogP contribution is -2.34. The topological polar surface area (TPSA) is 90.3 Å². The number of hydrogen-bond donors (Lipinski definition) is 1. The maximum absolute atomic E-state index is 13.5. The average molecular weight is 456 g/mol. The minimum atomic E-state index is -0.627. The Kier molecular flexibility index (Phi) is 6.82. The number of hydrogen-bond acceptors (Lipinski definition) is 5. The molecule has 7 nitrogen and oxygen atoms in total. The van der Waals surface area contributed by atoms with E-state index in [0.29, 0.717) is 16.5 Å². The first kappa shape index (κ1) is 22.9. The molecule has 0 fully saturated rings. The van der Waals surface area contributed by atoms with E-state index in [4.69, 9.17) is 4.74 Å². The molecule has 1 N–H and O–H groups in total. The molecule has 1 atom stereocenters. The third-order valence-electron chi connectivity index (χ3n) is 5.27. The van der Waals surface area contributed by atoms with Gasteiger partial charge < -0.3 is 10.1 Å². The molecule has 0 aliphatic heterocycles. The van der Waals surface area contributed by atoms with E-state index in [-0.39, 0.29) is 23.8 Å². The summed E-state index contributed by atoms with van der Waals surface area (Å²) in [5, 5.41) is 8.16. The van der Waals surface area contributed by atoms with Gasteiger partial charge in [-0.1, -0.05) is 66.7 Å². The van der Waals surface area contributed by atoms with Gasteiger partial charge in [-0.2, -0.15) is 9.78 Å². The van der Waals surface area contributed by atoms with Crippen LogP contribution in [0.3, 0.4) is 0 Å². The van der Waals surface area contributed by atoms with Crippen LogP contribution in [0.5, 0.6) is 0 Å². The van der Waals surface area contributed by atoms with E-state index in [0.717, 1.165) is 5.56 Å². The predicted octanol–water partition coefficient (Wildman–Crippen LogP) is 4.20. The normalized spacial score (nSPS) is 11.9. The molecule has 4 rings (SSSR count). The Balaban J connectivity index is 1.75. The van der Waals surface area contributed by atoms with Crippen LogP contribution in [0.4, 0.5) is 0 Å². The molecule has 0 saturated heterocycles. The van der Waals surface area contributed by atoms with E-state index in [9.17, 15) is 14.4 Å². The van der Waals surface area contributed by atoms with Crippen LogP contribution in [0.25, 0.3) is 16.5 Å². The fourth-order valence-electron chi connectivity index (χ4n) is 3.74. The number of para-hydroxylation sites is 1. The molecule has 3 aromatic carbocycles. The molecule has 7 heteroatoms. The van der Waals surface area contributed by atoms with Gasteiger partial charge in [-0.3, -0.25) is 14.4 Å². The van der Waals surface area contributed by atoms with Crippen molar-refractivity contribution >= 4 is 22.6 Å². The molecule has 1 amide bonds. The number of aromatic nitrogens is 2. The van der Waals surface area contributed by atoms with Crippen LogP contribution >= 0.6 is 0 Å². The van der Waals surface area contributed by atoms with Gasteiger partial charge in [0.2, 0.25) is 0 Å². The number of carbonyl (C=O) groups is 2. The molecule has 172 valence electrons. The number of amides is 1. The summed E-state index contributed by atoms with van der Waals surface area (Å²) in [4.78, 5) is 39.0. The van der Waals surface area contributed by atoms with Crippen molar-refractivity contribution in [3.05, 3.63) is 107 Å². The van der Waals surface area contributed by atoms with E-state index >= 15 is 0 Å². The minimum Gasteiger partial charge on any atom is -0.463 e. The van der Waals surface area contributed by atoms with Gasteiger partial charge in [-0.05, 0) is 37.6 Å². The van der Waals surface area contributed by atoms with Crippen LogP contribution in [-0.4, -0.2) is 27.8 Å². The minimum absolute atomic E-state index is 0.0375. The Morgan fingerprint density at radius 1 is 0.882 bits per heavy atom. The molecule has 0 radical (unpaired) electrons. The van der Waals surface area contributed by atoms with Gasteiger partial charge in [-0.25, -0.2) is 0 Å². The van der Waals surface area contributed by atoms with Crippen LogP contribution in [-0.2, 0) is 9.53 Å². The summed E-state index contributed by atoms with van der Waals surface area (Å²) in [5.74, 6) is -0.914. The predicted molar refractivity (Wildman–Crippen MR) is 130 cm³/mol. The van der Waals surface area contributed by atoms with Gasteiger partial charge in [0.05, 0.1) is 29.6 Å². The van der Waals surface area contributed by atoms with Crippen molar-refractivity contribution < 1.29 is 14.3 Å². The van der Waals surface area contributed by atoms with Crippen molar-refractivity contribution in [3.8, 4) is 5.69 Å². The number of benzene rings is 3. The number of esters is 1. The Bertz CT molecular complexity index is 1370. The summed E-state index contributed by atoms with van der Waals surface area (Å²) in [7, 11) is 0. The summed E-state index contributed by atoms with van der Waals surface area (Å²) in [6, 6.07) is 24.4. The second kappa shape index (κ2) is 10.1. The average Bonchev–Trinajstić information content (AvgIpc) is 2.84. The highest BCUT2D eigenvalue weighted by molar-refractivity contribution is 6.05. The number of carbonyl (C=O) groups excluding carboxylic acids is 2. The van der Waals surface area contributed by atoms with Crippen LogP contribution in [0.15, 0.2) is 89.7 Å².